The maximum Gasteiger partial charge on any atom is 0.193 e. The molecule has 2 rings (SSSR count). The molecule has 0 spiro atoms. The van der Waals surface area contributed by atoms with Crippen molar-refractivity contribution in [2.45, 2.75) is 19.3 Å². The van der Waals surface area contributed by atoms with E-state index < -0.39 is 0 Å². The second kappa shape index (κ2) is 15.1. The highest BCUT2D eigenvalue weighted by Crippen LogP contribution is 2.15. The molecule has 0 amide bonds. The Labute approximate surface area is 191 Å². The van der Waals surface area contributed by atoms with Crippen LogP contribution in [0.2, 0.25) is 5.02 Å². The third-order valence-corrected chi connectivity index (χ3v) is 4.78. The van der Waals surface area contributed by atoms with Crippen molar-refractivity contribution in [3.05, 3.63) is 29.3 Å². The molecule has 1 fully saturated rings. The maximum absolute atomic E-state index is 5.87. The van der Waals surface area contributed by atoms with Crippen LogP contribution in [0.5, 0.6) is 5.75 Å². The predicted octanol–water partition coefficient (Wildman–Crippen LogP) is 3.68. The number of rotatable bonds is 10. The van der Waals surface area contributed by atoms with E-state index in [1.807, 2.05) is 31.3 Å². The Morgan fingerprint density at radius 2 is 1.96 bits per heavy atom. The van der Waals surface area contributed by atoms with Crippen molar-refractivity contribution in [1.29, 1.82) is 0 Å². The van der Waals surface area contributed by atoms with Gasteiger partial charge in [-0.2, -0.15) is 0 Å². The van der Waals surface area contributed by atoms with E-state index in [0.29, 0.717) is 17.5 Å². The molecule has 0 saturated carbocycles. The number of guanidine groups is 1. The number of nitrogens with zero attached hydrogens (tertiary/aromatic N) is 2. The first-order valence-electron chi connectivity index (χ1n) is 9.64. The van der Waals surface area contributed by atoms with Crippen molar-refractivity contribution in [1.82, 2.24) is 10.2 Å². The van der Waals surface area contributed by atoms with Gasteiger partial charge in [-0.3, -0.25) is 4.99 Å². The molecule has 28 heavy (non-hydrogen) atoms. The minimum absolute atomic E-state index is 0. The molecule has 0 bridgehead atoms. The van der Waals surface area contributed by atoms with Gasteiger partial charge in [0.1, 0.15) is 12.4 Å². The van der Waals surface area contributed by atoms with Gasteiger partial charge in [-0.1, -0.05) is 11.6 Å². The lowest BCUT2D eigenvalue weighted by molar-refractivity contribution is 0.0203. The van der Waals surface area contributed by atoms with Crippen molar-refractivity contribution >= 4 is 41.5 Å². The van der Waals surface area contributed by atoms with E-state index in [1.54, 1.807) is 7.05 Å². The number of aliphatic imine (C=N–C) groups is 1. The molecule has 0 atom stereocenters. The highest BCUT2D eigenvalue weighted by atomic mass is 127. The lowest BCUT2D eigenvalue weighted by Gasteiger charge is -2.23. The van der Waals surface area contributed by atoms with Crippen LogP contribution in [0, 0.1) is 5.92 Å². The minimum Gasteiger partial charge on any atom is -0.492 e. The zero-order valence-electron chi connectivity index (χ0n) is 16.9. The summed E-state index contributed by atoms with van der Waals surface area (Å²) >= 11 is 5.87. The second-order valence-electron chi connectivity index (χ2n) is 6.68. The molecule has 0 unspecified atom stereocenters. The fourth-order valence-electron chi connectivity index (χ4n) is 2.86. The highest BCUT2D eigenvalue weighted by Gasteiger charge is 2.13. The number of halogens is 2. The van der Waals surface area contributed by atoms with Crippen molar-refractivity contribution in [3.8, 4) is 5.75 Å². The maximum atomic E-state index is 5.87. The fourth-order valence-corrected chi connectivity index (χ4v) is 2.99. The summed E-state index contributed by atoms with van der Waals surface area (Å²) in [6, 6.07) is 7.39. The van der Waals surface area contributed by atoms with E-state index >= 15 is 0 Å². The molecule has 0 aliphatic carbocycles. The average Bonchev–Trinajstić information content (AvgIpc) is 2.69. The number of hydrogen-bond donors (Lipinski definition) is 1. The molecule has 8 heteroatoms. The first-order chi connectivity index (χ1) is 13.2. The van der Waals surface area contributed by atoms with Gasteiger partial charge in [0, 0.05) is 52.1 Å². The monoisotopic (exact) mass is 525 g/mol. The number of likely N-dealkylation sites (N-methyl/N-ethyl adjacent to an activating group) is 1. The molecule has 1 saturated heterocycles. The molecule has 1 aromatic carbocycles. The van der Waals surface area contributed by atoms with Crippen molar-refractivity contribution in [3.63, 3.8) is 0 Å². The van der Waals surface area contributed by atoms with E-state index in [-0.39, 0.29) is 24.0 Å². The SMILES string of the molecule is CN=C(NCCCOCC1CCOCC1)N(C)CCOc1ccc(Cl)cc1.I. The first kappa shape index (κ1) is 25.3. The van der Waals surface area contributed by atoms with E-state index in [2.05, 4.69) is 15.2 Å². The summed E-state index contributed by atoms with van der Waals surface area (Å²) in [4.78, 5) is 6.37. The van der Waals surface area contributed by atoms with Crippen molar-refractivity contribution < 1.29 is 14.2 Å². The molecule has 1 aromatic rings. The first-order valence-corrected chi connectivity index (χ1v) is 10.0. The van der Waals surface area contributed by atoms with E-state index in [9.17, 15) is 0 Å². The summed E-state index contributed by atoms with van der Waals surface area (Å²) in [6.45, 7) is 5.52. The third kappa shape index (κ3) is 10.1. The van der Waals surface area contributed by atoms with Crippen LogP contribution in [0.4, 0.5) is 0 Å². The van der Waals surface area contributed by atoms with Crippen LogP contribution in [0.15, 0.2) is 29.3 Å². The quantitative estimate of drug-likeness (QED) is 0.219. The van der Waals surface area contributed by atoms with Gasteiger partial charge in [0.2, 0.25) is 0 Å². The third-order valence-electron chi connectivity index (χ3n) is 4.53. The summed E-state index contributed by atoms with van der Waals surface area (Å²) in [5, 5.41) is 4.08. The number of hydrogen-bond acceptors (Lipinski definition) is 4. The largest absolute Gasteiger partial charge is 0.492 e. The summed E-state index contributed by atoms with van der Waals surface area (Å²) in [6.07, 6.45) is 3.19. The Bertz CT molecular complexity index is 554. The van der Waals surface area contributed by atoms with Crippen molar-refractivity contribution in [2.24, 2.45) is 10.9 Å². The van der Waals surface area contributed by atoms with Gasteiger partial charge < -0.3 is 24.4 Å². The second-order valence-corrected chi connectivity index (χ2v) is 7.12. The van der Waals surface area contributed by atoms with Crippen molar-refractivity contribution in [2.75, 3.05) is 60.2 Å². The summed E-state index contributed by atoms with van der Waals surface area (Å²) < 4.78 is 16.9. The molecule has 1 heterocycles. The molecular weight excluding hydrogens is 493 g/mol. The number of nitrogens with one attached hydrogen (secondary N) is 1. The fraction of sp³-hybridized carbons (Fsp3) is 0.650. The Morgan fingerprint density at radius 3 is 2.64 bits per heavy atom. The van der Waals surface area contributed by atoms with E-state index in [0.717, 1.165) is 70.5 Å². The molecule has 1 aliphatic rings. The zero-order valence-corrected chi connectivity index (χ0v) is 19.9. The lowest BCUT2D eigenvalue weighted by atomic mass is 10.0. The molecule has 0 radical (unpaired) electrons. The van der Waals surface area contributed by atoms with Crippen LogP contribution in [-0.4, -0.2) is 71.1 Å². The van der Waals surface area contributed by atoms with E-state index in [4.69, 9.17) is 25.8 Å². The molecule has 6 nitrogen and oxygen atoms in total. The predicted molar refractivity (Wildman–Crippen MR) is 125 cm³/mol. The van der Waals surface area contributed by atoms with E-state index in [1.165, 1.54) is 0 Å². The van der Waals surface area contributed by atoms with Gasteiger partial charge in [0.05, 0.1) is 6.54 Å². The van der Waals surface area contributed by atoms with Crippen LogP contribution < -0.4 is 10.1 Å². The van der Waals surface area contributed by atoms with Crippen LogP contribution >= 0.6 is 35.6 Å². The topological polar surface area (TPSA) is 55.3 Å². The Hall–Kier alpha value is -0.770. The Kier molecular flexibility index (Phi) is 13.6. The average molecular weight is 526 g/mol. The lowest BCUT2D eigenvalue weighted by Crippen LogP contribution is -2.41. The minimum atomic E-state index is 0. The Morgan fingerprint density at radius 1 is 1.25 bits per heavy atom. The van der Waals surface area contributed by atoms with Crippen LogP contribution in [0.3, 0.4) is 0 Å². The summed E-state index contributed by atoms with van der Waals surface area (Å²) in [5.41, 5.74) is 0. The highest BCUT2D eigenvalue weighted by molar-refractivity contribution is 14.0. The summed E-state index contributed by atoms with van der Waals surface area (Å²) in [7, 11) is 3.79. The van der Waals surface area contributed by atoms with Gasteiger partial charge in [-0.15, -0.1) is 24.0 Å². The molecule has 1 N–H and O–H groups in total. The molecule has 160 valence electrons. The number of benzene rings is 1. The van der Waals surface area contributed by atoms with Gasteiger partial charge in [0.15, 0.2) is 5.96 Å². The number of ether oxygens (including phenoxy) is 3. The Balaban J connectivity index is 0.00000392. The van der Waals surface area contributed by atoms with Gasteiger partial charge in [-0.05, 0) is 49.4 Å². The van der Waals surface area contributed by atoms with Crippen LogP contribution in [-0.2, 0) is 9.47 Å². The standard InChI is InChI=1S/C20H32ClN3O3.HI/c1-22-20(23-10-3-12-26-16-17-8-13-25-14-9-17)24(2)11-15-27-19-6-4-18(21)5-7-19;/h4-7,17H,3,8-16H2,1-2H3,(H,22,23);1H. The van der Waals surface area contributed by atoms with Gasteiger partial charge >= 0.3 is 0 Å². The summed E-state index contributed by atoms with van der Waals surface area (Å²) in [5.74, 6) is 2.34. The molecule has 0 aromatic heterocycles. The smallest absolute Gasteiger partial charge is 0.193 e. The van der Waals surface area contributed by atoms with Gasteiger partial charge in [0.25, 0.3) is 0 Å². The normalized spacial score (nSPS) is 15.0. The van der Waals surface area contributed by atoms with Crippen LogP contribution in [0.25, 0.3) is 0 Å². The molecular formula is C20H33ClIN3O3. The van der Waals surface area contributed by atoms with Crippen LogP contribution in [0.1, 0.15) is 19.3 Å². The molecule has 1 aliphatic heterocycles. The van der Waals surface area contributed by atoms with Gasteiger partial charge in [-0.25, -0.2) is 0 Å². The zero-order chi connectivity index (χ0) is 19.3.